The highest BCUT2D eigenvalue weighted by molar-refractivity contribution is 5.36. The molecule has 2 heterocycles. The van der Waals surface area contributed by atoms with Crippen LogP contribution >= 0.6 is 0 Å². The predicted octanol–water partition coefficient (Wildman–Crippen LogP) is 2.27. The Bertz CT molecular complexity index is 498. The van der Waals surface area contributed by atoms with Crippen molar-refractivity contribution < 1.29 is 4.39 Å². The van der Waals surface area contributed by atoms with Gasteiger partial charge >= 0.3 is 0 Å². The van der Waals surface area contributed by atoms with Gasteiger partial charge in [0.05, 0.1) is 12.0 Å². The largest absolute Gasteiger partial charge is 0.368 e. The molecule has 0 aliphatic rings. The summed E-state index contributed by atoms with van der Waals surface area (Å²) in [5.41, 5.74) is 0.455. The van der Waals surface area contributed by atoms with Crippen LogP contribution in [0.2, 0.25) is 0 Å². The monoisotopic (exact) mass is 263 g/mol. The van der Waals surface area contributed by atoms with E-state index in [2.05, 4.69) is 20.3 Å². The summed E-state index contributed by atoms with van der Waals surface area (Å²) in [5, 5.41) is 3.02. The Labute approximate surface area is 111 Å². The molecule has 0 fully saturated rings. The average Bonchev–Trinajstić information content (AvgIpc) is 2.93. The predicted molar refractivity (Wildman–Crippen MR) is 71.3 cm³/mol. The highest BCUT2D eigenvalue weighted by Gasteiger charge is 2.08. The molecule has 19 heavy (non-hydrogen) atoms. The maximum atomic E-state index is 13.8. The number of rotatable bonds is 7. The summed E-state index contributed by atoms with van der Waals surface area (Å²) in [4.78, 5) is 11.8. The van der Waals surface area contributed by atoms with Crippen LogP contribution in [-0.2, 0) is 13.0 Å². The number of hydrogen-bond donors (Lipinski definition) is 1. The van der Waals surface area contributed by atoms with Gasteiger partial charge < -0.3 is 9.88 Å². The number of nitrogens with one attached hydrogen (secondary N) is 1. The first kappa shape index (κ1) is 13.5. The summed E-state index contributed by atoms with van der Waals surface area (Å²) in [5.74, 6) is -0.0332. The molecule has 102 valence electrons. The topological polar surface area (TPSA) is 55.6 Å². The first-order valence-electron chi connectivity index (χ1n) is 6.50. The van der Waals surface area contributed by atoms with Gasteiger partial charge in [0.25, 0.3) is 0 Å². The Balaban J connectivity index is 1.73. The zero-order valence-corrected chi connectivity index (χ0v) is 11.0. The van der Waals surface area contributed by atoms with Crippen molar-refractivity contribution in [2.45, 2.75) is 32.7 Å². The molecule has 5 nitrogen and oxygen atoms in total. The Hall–Kier alpha value is -1.98. The molecule has 0 amide bonds. The highest BCUT2D eigenvalue weighted by Crippen LogP contribution is 2.13. The molecule has 6 heteroatoms. The number of aryl methyl sites for hydroxylation is 2. The van der Waals surface area contributed by atoms with E-state index in [1.165, 1.54) is 6.33 Å². The number of nitrogens with zero attached hydrogens (tertiary/aromatic N) is 4. The van der Waals surface area contributed by atoms with E-state index < -0.39 is 0 Å². The lowest BCUT2D eigenvalue weighted by Crippen LogP contribution is -2.09. The van der Waals surface area contributed by atoms with Crippen LogP contribution in [-0.4, -0.2) is 26.1 Å². The third-order valence-corrected chi connectivity index (χ3v) is 2.89. The molecule has 0 aliphatic heterocycles. The molecule has 0 atom stereocenters. The molecular weight excluding hydrogens is 245 g/mol. The van der Waals surface area contributed by atoms with Crippen LogP contribution in [0.1, 0.15) is 25.5 Å². The summed E-state index contributed by atoms with van der Waals surface area (Å²) in [6, 6.07) is 0. The molecule has 0 saturated carbocycles. The van der Waals surface area contributed by atoms with Crippen molar-refractivity contribution in [1.29, 1.82) is 0 Å². The van der Waals surface area contributed by atoms with Gasteiger partial charge in [0.1, 0.15) is 6.33 Å². The fourth-order valence-corrected chi connectivity index (χ4v) is 1.82. The van der Waals surface area contributed by atoms with E-state index in [0.717, 1.165) is 19.4 Å². The molecule has 0 radical (unpaired) electrons. The molecule has 1 N–H and O–H groups in total. The lowest BCUT2D eigenvalue weighted by Gasteiger charge is -2.08. The number of hydrogen-bond acceptors (Lipinski definition) is 4. The summed E-state index contributed by atoms with van der Waals surface area (Å²) in [6.07, 6.45) is 9.43. The third-order valence-electron chi connectivity index (χ3n) is 2.89. The zero-order chi connectivity index (χ0) is 13.5. The Morgan fingerprint density at radius 2 is 2.21 bits per heavy atom. The van der Waals surface area contributed by atoms with Gasteiger partial charge in [-0.1, -0.05) is 6.92 Å². The van der Waals surface area contributed by atoms with E-state index in [1.54, 1.807) is 12.5 Å². The summed E-state index contributed by atoms with van der Waals surface area (Å²) in [6.45, 7) is 3.50. The van der Waals surface area contributed by atoms with Gasteiger partial charge in [-0.15, -0.1) is 0 Å². The van der Waals surface area contributed by atoms with E-state index in [1.807, 2.05) is 17.7 Å². The normalized spacial score (nSPS) is 10.6. The van der Waals surface area contributed by atoms with Gasteiger partial charge in [-0.05, 0) is 19.3 Å². The molecule has 0 saturated heterocycles. The van der Waals surface area contributed by atoms with E-state index in [9.17, 15) is 4.39 Å². The number of anilines is 1. The zero-order valence-electron chi connectivity index (χ0n) is 11.0. The molecule has 2 rings (SSSR count). The van der Waals surface area contributed by atoms with Gasteiger partial charge in [0.15, 0.2) is 11.6 Å². The van der Waals surface area contributed by atoms with Crippen molar-refractivity contribution in [2.24, 2.45) is 0 Å². The van der Waals surface area contributed by atoms with E-state index >= 15 is 0 Å². The van der Waals surface area contributed by atoms with Crippen LogP contribution in [0.5, 0.6) is 0 Å². The molecule has 2 aromatic rings. The number of imidazole rings is 1. The first-order valence-corrected chi connectivity index (χ1v) is 6.50. The molecule has 0 bridgehead atoms. The van der Waals surface area contributed by atoms with Crippen molar-refractivity contribution in [3.05, 3.63) is 36.6 Å². The maximum absolute atomic E-state index is 13.8. The molecular formula is C13H18FN5. The minimum atomic E-state index is -0.334. The SMILES string of the molecule is CCc1ncnc(NCCCCn2ccnc2)c1F. The van der Waals surface area contributed by atoms with Crippen LogP contribution in [0.4, 0.5) is 10.2 Å². The van der Waals surface area contributed by atoms with Crippen LogP contribution < -0.4 is 5.32 Å². The number of unbranched alkanes of at least 4 members (excludes halogenated alkanes) is 1. The van der Waals surface area contributed by atoms with E-state index in [0.29, 0.717) is 24.5 Å². The lowest BCUT2D eigenvalue weighted by atomic mass is 10.3. The smallest absolute Gasteiger partial charge is 0.186 e. The van der Waals surface area contributed by atoms with Crippen molar-refractivity contribution in [3.63, 3.8) is 0 Å². The Morgan fingerprint density at radius 1 is 1.32 bits per heavy atom. The maximum Gasteiger partial charge on any atom is 0.186 e. The van der Waals surface area contributed by atoms with Gasteiger partial charge in [0, 0.05) is 25.5 Å². The van der Waals surface area contributed by atoms with Crippen LogP contribution in [0.3, 0.4) is 0 Å². The van der Waals surface area contributed by atoms with Crippen molar-refractivity contribution in [2.75, 3.05) is 11.9 Å². The van der Waals surface area contributed by atoms with Crippen LogP contribution in [0.25, 0.3) is 0 Å². The summed E-state index contributed by atoms with van der Waals surface area (Å²) >= 11 is 0. The first-order chi connectivity index (χ1) is 9.31. The molecule has 2 aromatic heterocycles. The molecule has 0 aromatic carbocycles. The van der Waals surface area contributed by atoms with E-state index in [-0.39, 0.29) is 5.82 Å². The van der Waals surface area contributed by atoms with Crippen molar-refractivity contribution >= 4 is 5.82 Å². The van der Waals surface area contributed by atoms with Gasteiger partial charge in [-0.2, -0.15) is 0 Å². The van der Waals surface area contributed by atoms with Crippen molar-refractivity contribution in [1.82, 2.24) is 19.5 Å². The number of halogens is 1. The van der Waals surface area contributed by atoms with Gasteiger partial charge in [-0.25, -0.2) is 19.3 Å². The second-order valence-electron chi connectivity index (χ2n) is 4.27. The van der Waals surface area contributed by atoms with Gasteiger partial charge in [0.2, 0.25) is 0 Å². The minimum Gasteiger partial charge on any atom is -0.368 e. The molecule has 0 aliphatic carbocycles. The van der Waals surface area contributed by atoms with Crippen LogP contribution in [0.15, 0.2) is 25.0 Å². The second kappa shape index (κ2) is 6.82. The van der Waals surface area contributed by atoms with Gasteiger partial charge in [-0.3, -0.25) is 0 Å². The lowest BCUT2D eigenvalue weighted by molar-refractivity contribution is 0.591. The summed E-state index contributed by atoms with van der Waals surface area (Å²) in [7, 11) is 0. The Kier molecular flexibility index (Phi) is 4.83. The Morgan fingerprint density at radius 3 is 2.95 bits per heavy atom. The third kappa shape index (κ3) is 3.74. The van der Waals surface area contributed by atoms with Crippen LogP contribution in [0, 0.1) is 5.82 Å². The highest BCUT2D eigenvalue weighted by atomic mass is 19.1. The standard InChI is InChI=1S/C13H18FN5/c1-2-11-12(14)13(18-9-17-11)16-5-3-4-7-19-8-6-15-10-19/h6,8-10H,2-5,7H2,1H3,(H,16,17,18). The molecule has 0 spiro atoms. The second-order valence-corrected chi connectivity index (χ2v) is 4.27. The quantitative estimate of drug-likeness (QED) is 0.779. The summed E-state index contributed by atoms with van der Waals surface area (Å²) < 4.78 is 15.8. The fourth-order valence-electron chi connectivity index (χ4n) is 1.82. The average molecular weight is 263 g/mol. The molecule has 0 unspecified atom stereocenters. The minimum absolute atomic E-state index is 0.300. The van der Waals surface area contributed by atoms with E-state index in [4.69, 9.17) is 0 Å². The fraction of sp³-hybridized carbons (Fsp3) is 0.462. The van der Waals surface area contributed by atoms with Crippen molar-refractivity contribution in [3.8, 4) is 0 Å². The number of aromatic nitrogens is 4.